The molecule has 0 aliphatic rings. The minimum atomic E-state index is -0.968. The number of hydrogen-bond acceptors (Lipinski definition) is 5. The third kappa shape index (κ3) is 4.76. The largest absolute Gasteiger partial charge is 0.459 e. The van der Waals surface area contributed by atoms with Crippen LogP contribution in [0.25, 0.3) is 0 Å². The molecule has 0 bridgehead atoms. The maximum absolute atomic E-state index is 13.3. The second-order valence-corrected chi connectivity index (χ2v) is 6.57. The van der Waals surface area contributed by atoms with Gasteiger partial charge in [0.05, 0.1) is 24.4 Å². The highest BCUT2D eigenvalue weighted by molar-refractivity contribution is 7.14. The molecule has 0 fully saturated rings. The van der Waals surface area contributed by atoms with E-state index in [4.69, 9.17) is 4.42 Å². The Hall–Kier alpha value is -3.07. The number of thiazole rings is 1. The number of rotatable bonds is 6. The molecule has 0 aliphatic carbocycles. The van der Waals surface area contributed by atoms with Crippen LogP contribution in [0.3, 0.4) is 0 Å². The summed E-state index contributed by atoms with van der Waals surface area (Å²) in [6, 6.07) is 6.10. The van der Waals surface area contributed by atoms with Crippen LogP contribution in [0.15, 0.2) is 46.4 Å². The zero-order valence-corrected chi connectivity index (χ0v) is 15.0. The molecule has 1 unspecified atom stereocenters. The Bertz CT molecular complexity index is 957. The van der Waals surface area contributed by atoms with Crippen molar-refractivity contribution in [2.24, 2.45) is 0 Å². The van der Waals surface area contributed by atoms with Crippen LogP contribution < -0.4 is 10.6 Å². The van der Waals surface area contributed by atoms with Gasteiger partial charge in [0.25, 0.3) is 5.91 Å². The molecule has 6 nitrogen and oxygen atoms in total. The SMILES string of the molecule is CC(NC(=O)Cc1csc(NC(=O)c2ccco2)n1)c1ccc(F)c(F)c1. The van der Waals surface area contributed by atoms with Crippen LogP contribution in [-0.2, 0) is 11.2 Å². The maximum atomic E-state index is 13.3. The van der Waals surface area contributed by atoms with Crippen molar-refractivity contribution in [3.8, 4) is 0 Å². The first kappa shape index (κ1) is 18.7. The molecular formula is C18H15F2N3O3S. The minimum Gasteiger partial charge on any atom is -0.459 e. The molecular weight excluding hydrogens is 376 g/mol. The number of carbonyl (C=O) groups is 2. The summed E-state index contributed by atoms with van der Waals surface area (Å²) in [6.45, 7) is 1.67. The topological polar surface area (TPSA) is 84.2 Å². The Labute approximate surface area is 157 Å². The van der Waals surface area contributed by atoms with Gasteiger partial charge in [-0.25, -0.2) is 13.8 Å². The molecule has 3 rings (SSSR count). The van der Waals surface area contributed by atoms with E-state index in [1.54, 1.807) is 18.4 Å². The fraction of sp³-hybridized carbons (Fsp3) is 0.167. The van der Waals surface area contributed by atoms with E-state index in [0.29, 0.717) is 16.4 Å². The van der Waals surface area contributed by atoms with Crippen LogP contribution in [0.5, 0.6) is 0 Å². The fourth-order valence-electron chi connectivity index (χ4n) is 2.33. The van der Waals surface area contributed by atoms with Crippen LogP contribution in [0.1, 0.15) is 34.8 Å². The van der Waals surface area contributed by atoms with E-state index in [9.17, 15) is 18.4 Å². The standard InChI is InChI=1S/C18H15F2N3O3S/c1-10(11-4-5-13(19)14(20)7-11)21-16(24)8-12-9-27-18(22-12)23-17(25)15-3-2-6-26-15/h2-7,9-10H,8H2,1H3,(H,21,24)(H,22,23,25). The average Bonchev–Trinajstić information content (AvgIpc) is 3.29. The lowest BCUT2D eigenvalue weighted by Gasteiger charge is -2.14. The summed E-state index contributed by atoms with van der Waals surface area (Å²) in [5, 5.41) is 7.27. The highest BCUT2D eigenvalue weighted by Crippen LogP contribution is 2.19. The molecule has 9 heteroatoms. The number of carbonyl (C=O) groups excluding carboxylic acids is 2. The summed E-state index contributed by atoms with van der Waals surface area (Å²) in [5.74, 6) is -2.52. The summed E-state index contributed by atoms with van der Waals surface area (Å²) in [5.41, 5.74) is 0.927. The lowest BCUT2D eigenvalue weighted by molar-refractivity contribution is -0.121. The molecule has 0 saturated carbocycles. The molecule has 2 N–H and O–H groups in total. The third-order valence-corrected chi connectivity index (χ3v) is 4.49. The molecule has 1 atom stereocenters. The Morgan fingerprint density at radius 3 is 2.78 bits per heavy atom. The van der Waals surface area contributed by atoms with Gasteiger partial charge >= 0.3 is 0 Å². The van der Waals surface area contributed by atoms with E-state index in [1.807, 2.05) is 0 Å². The number of benzene rings is 1. The van der Waals surface area contributed by atoms with E-state index in [0.717, 1.165) is 12.1 Å². The molecule has 2 aromatic heterocycles. The summed E-state index contributed by atoms with van der Waals surface area (Å²) in [7, 11) is 0. The summed E-state index contributed by atoms with van der Waals surface area (Å²) in [6.07, 6.45) is 1.38. The fourth-order valence-corrected chi connectivity index (χ4v) is 3.04. The first-order chi connectivity index (χ1) is 12.9. The number of furan rings is 1. The van der Waals surface area contributed by atoms with Gasteiger partial charge in [-0.3, -0.25) is 14.9 Å². The summed E-state index contributed by atoms with van der Waals surface area (Å²) >= 11 is 1.18. The molecule has 0 aliphatic heterocycles. The Balaban J connectivity index is 1.55. The van der Waals surface area contributed by atoms with Crippen molar-refractivity contribution in [1.29, 1.82) is 0 Å². The molecule has 3 aromatic rings. The zero-order chi connectivity index (χ0) is 19.4. The Kier molecular flexibility index (Phi) is 5.60. The minimum absolute atomic E-state index is 0.0128. The van der Waals surface area contributed by atoms with Crippen molar-refractivity contribution >= 4 is 28.3 Å². The number of amides is 2. The van der Waals surface area contributed by atoms with E-state index in [2.05, 4.69) is 15.6 Å². The quantitative estimate of drug-likeness (QED) is 0.671. The van der Waals surface area contributed by atoms with Gasteiger partial charge in [0.15, 0.2) is 22.5 Å². The van der Waals surface area contributed by atoms with Gasteiger partial charge in [-0.05, 0) is 36.8 Å². The van der Waals surface area contributed by atoms with E-state index < -0.39 is 23.6 Å². The average molecular weight is 391 g/mol. The summed E-state index contributed by atoms with van der Waals surface area (Å²) in [4.78, 5) is 28.2. The Morgan fingerprint density at radius 1 is 1.26 bits per heavy atom. The number of aromatic nitrogens is 1. The van der Waals surface area contributed by atoms with Gasteiger partial charge in [-0.15, -0.1) is 11.3 Å². The first-order valence-electron chi connectivity index (χ1n) is 7.96. The van der Waals surface area contributed by atoms with Crippen molar-refractivity contribution in [1.82, 2.24) is 10.3 Å². The number of anilines is 1. The lowest BCUT2D eigenvalue weighted by Crippen LogP contribution is -2.28. The van der Waals surface area contributed by atoms with Crippen molar-refractivity contribution in [3.05, 3.63) is 70.6 Å². The van der Waals surface area contributed by atoms with Gasteiger partial charge in [0.1, 0.15) is 0 Å². The Morgan fingerprint density at radius 2 is 2.07 bits per heavy atom. The smallest absolute Gasteiger partial charge is 0.293 e. The summed E-state index contributed by atoms with van der Waals surface area (Å²) < 4.78 is 31.3. The molecule has 2 amide bonds. The van der Waals surface area contributed by atoms with Crippen LogP contribution >= 0.6 is 11.3 Å². The monoisotopic (exact) mass is 391 g/mol. The highest BCUT2D eigenvalue weighted by atomic mass is 32.1. The zero-order valence-electron chi connectivity index (χ0n) is 14.2. The van der Waals surface area contributed by atoms with Crippen LogP contribution in [0, 0.1) is 11.6 Å². The maximum Gasteiger partial charge on any atom is 0.293 e. The van der Waals surface area contributed by atoms with Crippen LogP contribution in [0.2, 0.25) is 0 Å². The second kappa shape index (κ2) is 8.09. The van der Waals surface area contributed by atoms with Gasteiger partial charge in [0.2, 0.25) is 5.91 Å². The normalized spacial score (nSPS) is 11.8. The van der Waals surface area contributed by atoms with Crippen LogP contribution in [0.4, 0.5) is 13.9 Å². The molecule has 0 saturated heterocycles. The molecule has 27 heavy (non-hydrogen) atoms. The number of hydrogen-bond donors (Lipinski definition) is 2. The predicted octanol–water partition coefficient (Wildman–Crippen LogP) is 3.69. The molecule has 2 heterocycles. The van der Waals surface area contributed by atoms with Crippen molar-refractivity contribution in [2.45, 2.75) is 19.4 Å². The highest BCUT2D eigenvalue weighted by Gasteiger charge is 2.15. The molecule has 0 radical (unpaired) electrons. The predicted molar refractivity (Wildman–Crippen MR) is 95.4 cm³/mol. The number of nitrogens with one attached hydrogen (secondary N) is 2. The first-order valence-corrected chi connectivity index (χ1v) is 8.84. The van der Waals surface area contributed by atoms with Gasteiger partial charge in [-0.1, -0.05) is 6.07 Å². The molecule has 0 spiro atoms. The van der Waals surface area contributed by atoms with E-state index in [-0.39, 0.29) is 18.1 Å². The van der Waals surface area contributed by atoms with E-state index >= 15 is 0 Å². The number of nitrogens with zero attached hydrogens (tertiary/aromatic N) is 1. The number of halogens is 2. The van der Waals surface area contributed by atoms with Crippen molar-refractivity contribution in [2.75, 3.05) is 5.32 Å². The van der Waals surface area contributed by atoms with Gasteiger partial charge < -0.3 is 9.73 Å². The van der Waals surface area contributed by atoms with Crippen molar-refractivity contribution in [3.63, 3.8) is 0 Å². The molecule has 1 aromatic carbocycles. The van der Waals surface area contributed by atoms with Gasteiger partial charge in [0, 0.05) is 5.38 Å². The van der Waals surface area contributed by atoms with Crippen LogP contribution in [-0.4, -0.2) is 16.8 Å². The van der Waals surface area contributed by atoms with E-state index in [1.165, 1.54) is 29.7 Å². The molecule has 140 valence electrons. The lowest BCUT2D eigenvalue weighted by atomic mass is 10.1. The third-order valence-electron chi connectivity index (χ3n) is 3.68. The van der Waals surface area contributed by atoms with Gasteiger partial charge in [-0.2, -0.15) is 0 Å². The second-order valence-electron chi connectivity index (χ2n) is 5.71. The van der Waals surface area contributed by atoms with Crippen molar-refractivity contribution < 1.29 is 22.8 Å².